The van der Waals surface area contributed by atoms with E-state index in [0.29, 0.717) is 23.6 Å². The molecule has 0 unspecified atom stereocenters. The molecule has 0 aliphatic carbocycles. The second-order valence-corrected chi connectivity index (χ2v) is 5.34. The highest BCUT2D eigenvalue weighted by molar-refractivity contribution is 6.19. The Hall–Kier alpha value is -2.95. The fraction of sp³-hybridized carbons (Fsp3) is 0.211. The molecule has 2 aromatic rings. The predicted octanol–water partition coefficient (Wildman–Crippen LogP) is 2.76. The number of esters is 1. The van der Waals surface area contributed by atoms with Crippen LogP contribution in [0.1, 0.15) is 11.1 Å². The van der Waals surface area contributed by atoms with Gasteiger partial charge in [0.2, 0.25) is 0 Å². The highest BCUT2D eigenvalue weighted by Gasteiger charge is 2.27. The fourth-order valence-corrected chi connectivity index (χ4v) is 2.63. The topological polar surface area (TPSA) is 56.8 Å². The molecule has 24 heavy (non-hydrogen) atoms. The van der Waals surface area contributed by atoms with Gasteiger partial charge >= 0.3 is 5.97 Å². The molecular weight excluding hydrogens is 306 g/mol. The van der Waals surface area contributed by atoms with Crippen molar-refractivity contribution in [1.82, 2.24) is 5.32 Å². The van der Waals surface area contributed by atoms with E-state index < -0.39 is 0 Å². The van der Waals surface area contributed by atoms with Crippen LogP contribution in [0.3, 0.4) is 0 Å². The van der Waals surface area contributed by atoms with Crippen molar-refractivity contribution in [2.24, 2.45) is 0 Å². The minimum Gasteiger partial charge on any atom is -0.493 e. The molecule has 0 spiro atoms. The van der Waals surface area contributed by atoms with Gasteiger partial charge in [-0.3, -0.25) is 0 Å². The lowest BCUT2D eigenvalue weighted by Crippen LogP contribution is -2.15. The van der Waals surface area contributed by atoms with E-state index in [1.54, 1.807) is 26.4 Å². The van der Waals surface area contributed by atoms with Gasteiger partial charge in [-0.2, -0.15) is 0 Å². The summed E-state index contributed by atoms with van der Waals surface area (Å²) in [5.74, 6) is 0.856. The van der Waals surface area contributed by atoms with Gasteiger partial charge in [-0.1, -0.05) is 36.4 Å². The van der Waals surface area contributed by atoms with E-state index in [1.807, 2.05) is 36.4 Å². The standard InChI is InChI=1S/C19H19NO4/c1-22-16-9-8-14(10-17(16)23-2)18-15(12-24-19(18)21)20-11-13-6-4-3-5-7-13/h3-10,20H,11-12H2,1-2H3. The largest absolute Gasteiger partial charge is 0.493 e. The number of benzene rings is 2. The van der Waals surface area contributed by atoms with Crippen molar-refractivity contribution in [3.63, 3.8) is 0 Å². The first kappa shape index (κ1) is 15.9. The lowest BCUT2D eigenvalue weighted by Gasteiger charge is -2.11. The van der Waals surface area contributed by atoms with Gasteiger partial charge in [0.1, 0.15) is 6.61 Å². The zero-order valence-electron chi connectivity index (χ0n) is 13.7. The molecule has 0 aromatic heterocycles. The molecule has 1 aliphatic heterocycles. The highest BCUT2D eigenvalue weighted by Crippen LogP contribution is 2.33. The van der Waals surface area contributed by atoms with Crippen molar-refractivity contribution >= 4 is 11.5 Å². The van der Waals surface area contributed by atoms with Crippen LogP contribution in [0.4, 0.5) is 0 Å². The van der Waals surface area contributed by atoms with E-state index in [1.165, 1.54) is 0 Å². The molecule has 0 radical (unpaired) electrons. The average Bonchev–Trinajstić information content (AvgIpc) is 3.00. The van der Waals surface area contributed by atoms with Crippen LogP contribution in [0.15, 0.2) is 54.2 Å². The third kappa shape index (κ3) is 3.20. The number of nitrogens with one attached hydrogen (secondary N) is 1. The van der Waals surface area contributed by atoms with Crippen molar-refractivity contribution < 1.29 is 19.0 Å². The first-order chi connectivity index (χ1) is 11.7. The molecule has 124 valence electrons. The smallest absolute Gasteiger partial charge is 0.341 e. The summed E-state index contributed by atoms with van der Waals surface area (Å²) in [7, 11) is 3.14. The predicted molar refractivity (Wildman–Crippen MR) is 90.7 cm³/mol. The van der Waals surface area contributed by atoms with Crippen molar-refractivity contribution in [3.05, 3.63) is 65.4 Å². The van der Waals surface area contributed by atoms with Crippen LogP contribution in [0, 0.1) is 0 Å². The van der Waals surface area contributed by atoms with Crippen LogP contribution in [-0.2, 0) is 16.1 Å². The van der Waals surface area contributed by atoms with E-state index >= 15 is 0 Å². The van der Waals surface area contributed by atoms with Gasteiger partial charge in [0.25, 0.3) is 0 Å². The fourth-order valence-electron chi connectivity index (χ4n) is 2.63. The number of rotatable bonds is 6. The number of cyclic esters (lactones) is 1. The molecule has 0 amide bonds. The molecular formula is C19H19NO4. The summed E-state index contributed by atoms with van der Waals surface area (Å²) in [6, 6.07) is 15.4. The maximum atomic E-state index is 12.2. The molecule has 5 heteroatoms. The van der Waals surface area contributed by atoms with Crippen LogP contribution in [0.25, 0.3) is 5.57 Å². The molecule has 0 saturated carbocycles. The number of carbonyl (C=O) groups excluding carboxylic acids is 1. The molecule has 2 aromatic carbocycles. The van der Waals surface area contributed by atoms with E-state index in [9.17, 15) is 4.79 Å². The Morgan fingerprint density at radius 1 is 1.04 bits per heavy atom. The second kappa shape index (κ2) is 7.08. The van der Waals surface area contributed by atoms with Crippen LogP contribution in [-0.4, -0.2) is 26.8 Å². The maximum Gasteiger partial charge on any atom is 0.341 e. The van der Waals surface area contributed by atoms with Crippen molar-refractivity contribution in [1.29, 1.82) is 0 Å². The summed E-state index contributed by atoms with van der Waals surface area (Å²) in [5.41, 5.74) is 3.18. The van der Waals surface area contributed by atoms with Gasteiger partial charge in [-0.25, -0.2) is 4.79 Å². The maximum absolute atomic E-state index is 12.2. The molecule has 1 aliphatic rings. The number of hydrogen-bond donors (Lipinski definition) is 1. The molecule has 1 N–H and O–H groups in total. The third-order valence-corrected chi connectivity index (χ3v) is 3.87. The van der Waals surface area contributed by atoms with Crippen LogP contribution in [0.5, 0.6) is 11.5 Å². The summed E-state index contributed by atoms with van der Waals surface area (Å²) < 4.78 is 15.8. The highest BCUT2D eigenvalue weighted by atomic mass is 16.5. The first-order valence-corrected chi connectivity index (χ1v) is 7.63. The Labute approximate surface area is 140 Å². The van der Waals surface area contributed by atoms with E-state index in [-0.39, 0.29) is 12.6 Å². The molecule has 0 bridgehead atoms. The van der Waals surface area contributed by atoms with Crippen LogP contribution >= 0.6 is 0 Å². The summed E-state index contributed by atoms with van der Waals surface area (Å²) in [6.07, 6.45) is 0. The molecule has 3 rings (SSSR count). The van der Waals surface area contributed by atoms with Gasteiger partial charge in [0, 0.05) is 6.54 Å². The lowest BCUT2D eigenvalue weighted by molar-refractivity contribution is -0.134. The van der Waals surface area contributed by atoms with Gasteiger partial charge in [-0.15, -0.1) is 0 Å². The van der Waals surface area contributed by atoms with Crippen LogP contribution in [0.2, 0.25) is 0 Å². The average molecular weight is 325 g/mol. The van der Waals surface area contributed by atoms with Crippen molar-refractivity contribution in [3.8, 4) is 11.5 Å². The number of hydrogen-bond acceptors (Lipinski definition) is 5. The summed E-state index contributed by atoms with van der Waals surface area (Å²) in [6.45, 7) is 0.874. The Morgan fingerprint density at radius 2 is 1.79 bits per heavy atom. The minimum absolute atomic E-state index is 0.245. The van der Waals surface area contributed by atoms with Crippen molar-refractivity contribution in [2.75, 3.05) is 20.8 Å². The first-order valence-electron chi connectivity index (χ1n) is 7.63. The summed E-state index contributed by atoms with van der Waals surface area (Å²) in [5, 5.41) is 3.30. The SMILES string of the molecule is COc1ccc(C2=C(NCc3ccccc3)COC2=O)cc1OC. The van der Waals surface area contributed by atoms with Crippen molar-refractivity contribution in [2.45, 2.75) is 6.54 Å². The van der Waals surface area contributed by atoms with E-state index in [2.05, 4.69) is 5.32 Å². The second-order valence-electron chi connectivity index (χ2n) is 5.34. The number of methoxy groups -OCH3 is 2. The Morgan fingerprint density at radius 3 is 2.50 bits per heavy atom. The molecule has 0 atom stereocenters. The summed E-state index contributed by atoms with van der Waals surface area (Å²) in [4.78, 5) is 12.2. The van der Waals surface area contributed by atoms with E-state index in [4.69, 9.17) is 14.2 Å². The Balaban J connectivity index is 1.89. The minimum atomic E-state index is -0.335. The normalized spacial score (nSPS) is 13.7. The zero-order chi connectivity index (χ0) is 16.9. The quantitative estimate of drug-likeness (QED) is 0.828. The lowest BCUT2D eigenvalue weighted by atomic mass is 10.0. The van der Waals surface area contributed by atoms with Gasteiger partial charge < -0.3 is 19.5 Å². The van der Waals surface area contributed by atoms with E-state index in [0.717, 1.165) is 16.8 Å². The Kier molecular flexibility index (Phi) is 4.70. The van der Waals surface area contributed by atoms with Gasteiger partial charge in [0.15, 0.2) is 11.5 Å². The zero-order valence-corrected chi connectivity index (χ0v) is 13.7. The monoisotopic (exact) mass is 325 g/mol. The van der Waals surface area contributed by atoms with Gasteiger partial charge in [0.05, 0.1) is 25.5 Å². The van der Waals surface area contributed by atoms with Crippen LogP contribution < -0.4 is 14.8 Å². The molecule has 0 fully saturated rings. The molecule has 0 saturated heterocycles. The van der Waals surface area contributed by atoms with Gasteiger partial charge in [-0.05, 0) is 23.3 Å². The number of carbonyl (C=O) groups is 1. The third-order valence-electron chi connectivity index (χ3n) is 3.87. The number of ether oxygens (including phenoxy) is 3. The molecule has 1 heterocycles. The molecule has 5 nitrogen and oxygen atoms in total. The summed E-state index contributed by atoms with van der Waals surface area (Å²) >= 11 is 0. The Bertz CT molecular complexity index is 768.